The molecule has 0 atom stereocenters. The highest BCUT2D eigenvalue weighted by atomic mass is 19.1. The second kappa shape index (κ2) is 6.87. The van der Waals surface area contributed by atoms with Crippen LogP contribution in [0.5, 0.6) is 0 Å². The van der Waals surface area contributed by atoms with Crippen LogP contribution < -0.4 is 10.6 Å². The first-order valence-electron chi connectivity index (χ1n) is 7.25. The molecule has 0 aliphatic carbocycles. The molecule has 0 amide bonds. The molecule has 0 saturated carbocycles. The van der Waals surface area contributed by atoms with Gasteiger partial charge in [0.15, 0.2) is 0 Å². The number of hydrogen-bond acceptors (Lipinski definition) is 7. The van der Waals surface area contributed by atoms with Crippen LogP contribution in [0, 0.1) is 22.9 Å². The molecule has 0 aliphatic heterocycles. The van der Waals surface area contributed by atoms with Gasteiger partial charge in [0.25, 0.3) is 0 Å². The Hall–Kier alpha value is -3.62. The molecule has 3 aromatic rings. The van der Waals surface area contributed by atoms with Crippen molar-refractivity contribution in [2.24, 2.45) is 0 Å². The van der Waals surface area contributed by atoms with E-state index >= 15 is 0 Å². The Morgan fingerprint density at radius 3 is 2.36 bits per heavy atom. The summed E-state index contributed by atoms with van der Waals surface area (Å²) in [6.45, 7) is 1.81. The Kier molecular flexibility index (Phi) is 4.46. The van der Waals surface area contributed by atoms with Gasteiger partial charge >= 0.3 is 5.69 Å². The van der Waals surface area contributed by atoms with E-state index in [4.69, 9.17) is 0 Å². The van der Waals surface area contributed by atoms with E-state index < -0.39 is 10.7 Å². The van der Waals surface area contributed by atoms with Crippen LogP contribution in [0.25, 0.3) is 0 Å². The van der Waals surface area contributed by atoms with Crippen LogP contribution >= 0.6 is 0 Å². The van der Waals surface area contributed by atoms with Gasteiger partial charge in [-0.2, -0.15) is 0 Å². The number of anilines is 4. The molecule has 1 aromatic carbocycles. The third-order valence-corrected chi connectivity index (χ3v) is 3.25. The van der Waals surface area contributed by atoms with Crippen LogP contribution in [0.3, 0.4) is 0 Å². The van der Waals surface area contributed by atoms with E-state index in [0.717, 1.165) is 5.69 Å². The second-order valence-corrected chi connectivity index (χ2v) is 5.10. The molecule has 2 aromatic heterocycles. The van der Waals surface area contributed by atoms with Crippen molar-refractivity contribution in [3.8, 4) is 0 Å². The summed E-state index contributed by atoms with van der Waals surface area (Å²) in [5, 5.41) is 17.1. The molecule has 0 unspecified atom stereocenters. The molecule has 0 fully saturated rings. The molecular weight excluding hydrogens is 327 g/mol. The first-order valence-corrected chi connectivity index (χ1v) is 7.25. The number of nitrogens with one attached hydrogen (secondary N) is 2. The fourth-order valence-corrected chi connectivity index (χ4v) is 2.14. The Morgan fingerprint density at radius 2 is 1.72 bits per heavy atom. The van der Waals surface area contributed by atoms with E-state index in [1.165, 1.54) is 30.6 Å². The summed E-state index contributed by atoms with van der Waals surface area (Å²) in [5.41, 5.74) is 0.879. The number of nitro groups is 1. The highest BCUT2D eigenvalue weighted by molar-refractivity contribution is 5.76. The monoisotopic (exact) mass is 340 g/mol. The van der Waals surface area contributed by atoms with Crippen molar-refractivity contribution in [2.45, 2.75) is 6.92 Å². The molecule has 126 valence electrons. The maximum absolute atomic E-state index is 13.0. The van der Waals surface area contributed by atoms with Gasteiger partial charge in [0.05, 0.1) is 4.92 Å². The van der Waals surface area contributed by atoms with Gasteiger partial charge in [0.1, 0.15) is 18.0 Å². The van der Waals surface area contributed by atoms with Gasteiger partial charge in [-0.15, -0.1) is 0 Å². The zero-order valence-electron chi connectivity index (χ0n) is 13.1. The number of aromatic nitrogens is 3. The SMILES string of the molecule is Cc1cccc(Nc2ncnc(Nc3ccc(F)cc3)c2[N+](=O)[O-])n1. The van der Waals surface area contributed by atoms with Crippen LogP contribution in [-0.2, 0) is 0 Å². The highest BCUT2D eigenvalue weighted by Crippen LogP contribution is 2.32. The van der Waals surface area contributed by atoms with Crippen LogP contribution in [-0.4, -0.2) is 19.9 Å². The van der Waals surface area contributed by atoms with Gasteiger partial charge in [-0.3, -0.25) is 10.1 Å². The Morgan fingerprint density at radius 1 is 1.04 bits per heavy atom. The Labute approximate surface area is 141 Å². The zero-order chi connectivity index (χ0) is 17.8. The molecule has 9 heteroatoms. The van der Waals surface area contributed by atoms with Crippen molar-refractivity contribution in [1.29, 1.82) is 0 Å². The van der Waals surface area contributed by atoms with Gasteiger partial charge < -0.3 is 10.6 Å². The normalized spacial score (nSPS) is 10.3. The zero-order valence-corrected chi connectivity index (χ0v) is 13.1. The van der Waals surface area contributed by atoms with Crippen molar-refractivity contribution in [1.82, 2.24) is 15.0 Å². The number of nitrogens with zero attached hydrogens (tertiary/aromatic N) is 4. The highest BCUT2D eigenvalue weighted by Gasteiger charge is 2.23. The molecule has 2 N–H and O–H groups in total. The van der Waals surface area contributed by atoms with E-state index in [-0.39, 0.29) is 17.3 Å². The summed E-state index contributed by atoms with van der Waals surface area (Å²) < 4.78 is 13.0. The summed E-state index contributed by atoms with van der Waals surface area (Å²) in [4.78, 5) is 23.0. The van der Waals surface area contributed by atoms with Gasteiger partial charge in [0, 0.05) is 11.4 Å². The van der Waals surface area contributed by atoms with Crippen molar-refractivity contribution in [3.05, 3.63) is 70.4 Å². The number of halogens is 1. The minimum atomic E-state index is -0.593. The number of aryl methyl sites for hydroxylation is 1. The maximum atomic E-state index is 13.0. The van der Waals surface area contributed by atoms with Crippen molar-refractivity contribution >= 4 is 28.8 Å². The Balaban J connectivity index is 1.96. The van der Waals surface area contributed by atoms with Gasteiger partial charge in [0.2, 0.25) is 11.6 Å². The summed E-state index contributed by atoms with van der Waals surface area (Å²) in [5.74, 6) is 0.00891. The average molecular weight is 340 g/mol. The lowest BCUT2D eigenvalue weighted by atomic mass is 10.3. The third kappa shape index (κ3) is 3.83. The molecule has 0 saturated heterocycles. The molecule has 3 rings (SSSR count). The van der Waals surface area contributed by atoms with Gasteiger partial charge in [-0.05, 0) is 43.3 Å². The fraction of sp³-hybridized carbons (Fsp3) is 0.0625. The number of benzene rings is 1. The van der Waals surface area contributed by atoms with Gasteiger partial charge in [-0.1, -0.05) is 6.07 Å². The fourth-order valence-electron chi connectivity index (χ4n) is 2.14. The molecule has 8 nitrogen and oxygen atoms in total. The van der Waals surface area contributed by atoms with Crippen LogP contribution in [0.1, 0.15) is 5.69 Å². The summed E-state index contributed by atoms with van der Waals surface area (Å²) in [6, 6.07) is 10.6. The van der Waals surface area contributed by atoms with E-state index in [2.05, 4.69) is 25.6 Å². The maximum Gasteiger partial charge on any atom is 0.353 e. The van der Waals surface area contributed by atoms with E-state index in [9.17, 15) is 14.5 Å². The average Bonchev–Trinajstić information content (AvgIpc) is 2.57. The molecule has 0 spiro atoms. The van der Waals surface area contributed by atoms with Crippen molar-refractivity contribution < 1.29 is 9.31 Å². The smallest absolute Gasteiger partial charge is 0.334 e. The van der Waals surface area contributed by atoms with E-state index in [0.29, 0.717) is 11.5 Å². The second-order valence-electron chi connectivity index (χ2n) is 5.10. The van der Waals surface area contributed by atoms with E-state index in [1.807, 2.05) is 0 Å². The number of hydrogen-bond donors (Lipinski definition) is 2. The van der Waals surface area contributed by atoms with E-state index in [1.54, 1.807) is 25.1 Å². The predicted molar refractivity (Wildman–Crippen MR) is 90.6 cm³/mol. The lowest BCUT2D eigenvalue weighted by Gasteiger charge is -2.10. The molecule has 2 heterocycles. The van der Waals surface area contributed by atoms with Crippen LogP contribution in [0.2, 0.25) is 0 Å². The minimum absolute atomic E-state index is 0.00251. The van der Waals surface area contributed by atoms with Crippen molar-refractivity contribution in [2.75, 3.05) is 10.6 Å². The quantitative estimate of drug-likeness (QED) is 0.538. The summed E-state index contributed by atoms with van der Waals surface area (Å²) in [7, 11) is 0. The van der Waals surface area contributed by atoms with Crippen LogP contribution in [0.15, 0.2) is 48.8 Å². The molecule has 0 aliphatic rings. The van der Waals surface area contributed by atoms with Gasteiger partial charge in [-0.25, -0.2) is 19.3 Å². The summed E-state index contributed by atoms with van der Waals surface area (Å²) >= 11 is 0. The minimum Gasteiger partial charge on any atom is -0.334 e. The first-order chi connectivity index (χ1) is 12.0. The molecule has 0 bridgehead atoms. The molecule has 0 radical (unpaired) electrons. The van der Waals surface area contributed by atoms with Crippen LogP contribution in [0.4, 0.5) is 33.2 Å². The first kappa shape index (κ1) is 16.2. The Bertz CT molecular complexity index is 917. The lowest BCUT2D eigenvalue weighted by molar-refractivity contribution is -0.383. The topological polar surface area (TPSA) is 106 Å². The molecular formula is C16H13FN6O2. The third-order valence-electron chi connectivity index (χ3n) is 3.25. The molecule has 25 heavy (non-hydrogen) atoms. The number of pyridine rings is 1. The number of rotatable bonds is 5. The standard InChI is InChI=1S/C16H13FN6O2/c1-10-3-2-4-13(20-10)22-16-14(23(24)25)15(18-9-19-16)21-12-7-5-11(17)6-8-12/h2-9H,1H3,(H2,18,19,20,21,22). The predicted octanol–water partition coefficient (Wildman–Crippen LogP) is 3.71. The summed E-state index contributed by atoms with van der Waals surface area (Å²) in [6.07, 6.45) is 1.19. The largest absolute Gasteiger partial charge is 0.353 e. The lowest BCUT2D eigenvalue weighted by Crippen LogP contribution is -2.06. The van der Waals surface area contributed by atoms with Crippen molar-refractivity contribution in [3.63, 3.8) is 0 Å².